The van der Waals surface area contributed by atoms with Crippen LogP contribution in [0, 0.1) is 0 Å². The Kier molecular flexibility index (Phi) is 4.29. The van der Waals surface area contributed by atoms with Gasteiger partial charge in [0.2, 0.25) is 0 Å². The number of sulfone groups is 1. The molecule has 0 rings (SSSR count). The van der Waals surface area contributed by atoms with Crippen molar-refractivity contribution in [3.05, 3.63) is 0 Å². The summed E-state index contributed by atoms with van der Waals surface area (Å²) in [6, 6.07) is -0.343. The van der Waals surface area contributed by atoms with Crippen LogP contribution in [0.1, 0.15) is 6.42 Å². The molecule has 0 aliphatic carbocycles. The van der Waals surface area contributed by atoms with Crippen molar-refractivity contribution >= 4 is 16.1 Å². The lowest BCUT2D eigenvalue weighted by atomic mass is 10.3. The summed E-state index contributed by atoms with van der Waals surface area (Å²) in [5.41, 5.74) is 0. The van der Waals surface area contributed by atoms with Crippen LogP contribution in [0.3, 0.4) is 0 Å². The molecule has 5 heteroatoms. The van der Waals surface area contributed by atoms with Crippen molar-refractivity contribution in [2.75, 3.05) is 19.1 Å². The number of nitrogens with one attached hydrogen (secondary N) is 1. The Labute approximate surface area is 66.9 Å². The van der Waals surface area contributed by atoms with Crippen LogP contribution < -0.4 is 5.32 Å². The summed E-state index contributed by atoms with van der Waals surface area (Å²) in [7, 11) is -1.31. The normalized spacial score (nSPS) is 14.4. The highest BCUT2D eigenvalue weighted by molar-refractivity contribution is 7.90. The van der Waals surface area contributed by atoms with Crippen LogP contribution >= 0.6 is 0 Å². The summed E-state index contributed by atoms with van der Waals surface area (Å²) in [5, 5.41) is 2.69. The van der Waals surface area contributed by atoms with Crippen LogP contribution in [0.25, 0.3) is 0 Å². The van der Waals surface area contributed by atoms with Gasteiger partial charge in [-0.2, -0.15) is 0 Å². The molecule has 0 amide bonds. The van der Waals surface area contributed by atoms with Crippen molar-refractivity contribution in [2.45, 2.75) is 12.5 Å². The minimum atomic E-state index is -2.94. The van der Waals surface area contributed by atoms with E-state index in [1.165, 1.54) is 0 Å². The SMILES string of the molecule is CN[C@H](C=O)CCS(C)(=O)=O. The molecule has 0 aromatic heterocycles. The highest BCUT2D eigenvalue weighted by atomic mass is 32.2. The molecule has 0 unspecified atom stereocenters. The average molecular weight is 179 g/mol. The van der Waals surface area contributed by atoms with Crippen LogP contribution in [0.5, 0.6) is 0 Å². The summed E-state index contributed by atoms with van der Waals surface area (Å²) in [6.45, 7) is 0. The summed E-state index contributed by atoms with van der Waals surface area (Å²) < 4.78 is 21.2. The molecule has 0 aliphatic rings. The molecule has 0 bridgehead atoms. The molecule has 0 saturated heterocycles. The predicted molar refractivity (Wildman–Crippen MR) is 43.2 cm³/mol. The number of aldehydes is 1. The zero-order chi connectivity index (χ0) is 8.91. The van der Waals surface area contributed by atoms with Crippen molar-refractivity contribution in [3.8, 4) is 0 Å². The van der Waals surface area contributed by atoms with Crippen molar-refractivity contribution < 1.29 is 13.2 Å². The Morgan fingerprint density at radius 2 is 2.09 bits per heavy atom. The van der Waals surface area contributed by atoms with Crippen LogP contribution in [0.4, 0.5) is 0 Å². The Bertz CT molecular complexity index is 210. The monoisotopic (exact) mass is 179 g/mol. The fourth-order valence-electron chi connectivity index (χ4n) is 0.621. The van der Waals surface area contributed by atoms with E-state index in [2.05, 4.69) is 5.32 Å². The first-order valence-corrected chi connectivity index (χ1v) is 5.36. The first kappa shape index (κ1) is 10.6. The third kappa shape index (κ3) is 6.00. The van der Waals surface area contributed by atoms with Gasteiger partial charge in [-0.05, 0) is 13.5 Å². The molecule has 0 radical (unpaired) electrons. The molecule has 4 nitrogen and oxygen atoms in total. The number of rotatable bonds is 5. The highest BCUT2D eigenvalue weighted by Crippen LogP contribution is 1.92. The zero-order valence-electron chi connectivity index (χ0n) is 6.70. The Morgan fingerprint density at radius 1 is 1.55 bits per heavy atom. The van der Waals surface area contributed by atoms with E-state index in [0.29, 0.717) is 12.7 Å². The molecule has 11 heavy (non-hydrogen) atoms. The third-order valence-electron chi connectivity index (χ3n) is 1.33. The smallest absolute Gasteiger partial charge is 0.147 e. The molecule has 0 fully saturated rings. The molecular weight excluding hydrogens is 166 g/mol. The standard InChI is InChI=1S/C6H13NO3S/c1-7-6(5-8)3-4-11(2,9)10/h5-7H,3-4H2,1-2H3/t6-/m0/s1. The predicted octanol–water partition coefficient (Wildman–Crippen LogP) is -0.792. The maximum atomic E-state index is 10.6. The van der Waals surface area contributed by atoms with Crippen LogP contribution in [-0.4, -0.2) is 39.8 Å². The molecule has 0 aromatic carbocycles. The van der Waals surface area contributed by atoms with E-state index in [0.717, 1.165) is 6.26 Å². The van der Waals surface area contributed by atoms with Gasteiger partial charge in [-0.25, -0.2) is 8.42 Å². The summed E-state index contributed by atoms with van der Waals surface area (Å²) in [4.78, 5) is 10.2. The van der Waals surface area contributed by atoms with Gasteiger partial charge < -0.3 is 10.1 Å². The maximum absolute atomic E-state index is 10.6. The second-order valence-corrected chi connectivity index (χ2v) is 4.71. The second kappa shape index (κ2) is 4.46. The van der Waals surface area contributed by atoms with Crippen LogP contribution in [0.15, 0.2) is 0 Å². The molecule has 0 aromatic rings. The zero-order valence-corrected chi connectivity index (χ0v) is 7.52. The molecule has 0 aliphatic heterocycles. The Balaban J connectivity index is 3.78. The van der Waals surface area contributed by atoms with E-state index in [-0.39, 0.29) is 11.8 Å². The summed E-state index contributed by atoms with van der Waals surface area (Å²) in [5.74, 6) is 0.0528. The van der Waals surface area contributed by atoms with Gasteiger partial charge in [-0.1, -0.05) is 0 Å². The van der Waals surface area contributed by atoms with Gasteiger partial charge in [-0.15, -0.1) is 0 Å². The van der Waals surface area contributed by atoms with E-state index in [1.54, 1.807) is 7.05 Å². The van der Waals surface area contributed by atoms with Gasteiger partial charge in [-0.3, -0.25) is 0 Å². The molecular formula is C6H13NO3S. The minimum Gasteiger partial charge on any atom is -0.311 e. The van der Waals surface area contributed by atoms with Crippen LogP contribution in [-0.2, 0) is 14.6 Å². The largest absolute Gasteiger partial charge is 0.311 e. The lowest BCUT2D eigenvalue weighted by molar-refractivity contribution is -0.109. The van der Waals surface area contributed by atoms with Gasteiger partial charge >= 0.3 is 0 Å². The molecule has 1 N–H and O–H groups in total. The number of likely N-dealkylation sites (N-methyl/N-ethyl adjacent to an activating group) is 1. The molecule has 0 heterocycles. The number of carbonyl (C=O) groups is 1. The lowest BCUT2D eigenvalue weighted by Gasteiger charge is -2.06. The summed E-state index contributed by atoms with van der Waals surface area (Å²) in [6.07, 6.45) is 2.22. The fourth-order valence-corrected chi connectivity index (χ4v) is 1.30. The molecule has 0 spiro atoms. The van der Waals surface area contributed by atoms with E-state index >= 15 is 0 Å². The second-order valence-electron chi connectivity index (χ2n) is 2.45. The number of carbonyl (C=O) groups excluding carboxylic acids is 1. The van der Waals surface area contributed by atoms with Crippen LogP contribution in [0.2, 0.25) is 0 Å². The van der Waals surface area contributed by atoms with Crippen molar-refractivity contribution in [2.24, 2.45) is 0 Å². The van der Waals surface area contributed by atoms with Crippen molar-refractivity contribution in [3.63, 3.8) is 0 Å². The first-order valence-electron chi connectivity index (χ1n) is 3.30. The first-order chi connectivity index (χ1) is 4.99. The number of hydrogen-bond donors (Lipinski definition) is 1. The van der Waals surface area contributed by atoms with Crippen molar-refractivity contribution in [1.29, 1.82) is 0 Å². The van der Waals surface area contributed by atoms with Gasteiger partial charge in [0.1, 0.15) is 16.1 Å². The molecule has 66 valence electrons. The number of hydrogen-bond acceptors (Lipinski definition) is 4. The fraction of sp³-hybridized carbons (Fsp3) is 0.833. The highest BCUT2D eigenvalue weighted by Gasteiger charge is 2.08. The topological polar surface area (TPSA) is 63.2 Å². The van der Waals surface area contributed by atoms with E-state index < -0.39 is 9.84 Å². The van der Waals surface area contributed by atoms with E-state index in [9.17, 15) is 13.2 Å². The van der Waals surface area contributed by atoms with Gasteiger partial charge in [0, 0.05) is 6.26 Å². The Morgan fingerprint density at radius 3 is 2.36 bits per heavy atom. The quantitative estimate of drug-likeness (QED) is 0.562. The summed E-state index contributed by atoms with van der Waals surface area (Å²) >= 11 is 0. The Hall–Kier alpha value is -0.420. The van der Waals surface area contributed by atoms with Crippen molar-refractivity contribution in [1.82, 2.24) is 5.32 Å². The lowest BCUT2D eigenvalue weighted by Crippen LogP contribution is -2.28. The maximum Gasteiger partial charge on any atom is 0.147 e. The molecule has 1 atom stereocenters. The van der Waals surface area contributed by atoms with E-state index in [1.807, 2.05) is 0 Å². The molecule has 0 saturated carbocycles. The van der Waals surface area contributed by atoms with E-state index in [4.69, 9.17) is 0 Å². The average Bonchev–Trinajstić information content (AvgIpc) is 1.88. The van der Waals surface area contributed by atoms with Gasteiger partial charge in [0.15, 0.2) is 0 Å². The van der Waals surface area contributed by atoms with Gasteiger partial charge in [0.25, 0.3) is 0 Å². The minimum absolute atomic E-state index is 0.0528. The van der Waals surface area contributed by atoms with Gasteiger partial charge in [0.05, 0.1) is 11.8 Å². The third-order valence-corrected chi connectivity index (χ3v) is 2.31.